The Bertz CT molecular complexity index is 1250. The predicted molar refractivity (Wildman–Crippen MR) is 349 cm³/mol. The number of carbonyl (C=O) groups is 3. The lowest BCUT2D eigenvalue weighted by atomic mass is 10.0. The van der Waals surface area contributed by atoms with Gasteiger partial charge in [-0.3, -0.25) is 14.4 Å². The van der Waals surface area contributed by atoms with Gasteiger partial charge in [0.2, 0.25) is 0 Å². The van der Waals surface area contributed by atoms with E-state index in [0.717, 1.165) is 57.8 Å². The summed E-state index contributed by atoms with van der Waals surface area (Å²) in [5.74, 6) is -0.832. The van der Waals surface area contributed by atoms with Crippen molar-refractivity contribution in [2.75, 3.05) is 13.2 Å². The maximum Gasteiger partial charge on any atom is 0.306 e. The average Bonchev–Trinajstić information content (AvgIpc) is 3.46. The molecule has 1 atom stereocenters. The highest BCUT2D eigenvalue weighted by atomic mass is 16.6. The lowest BCUT2D eigenvalue weighted by Gasteiger charge is -2.18. The van der Waals surface area contributed by atoms with E-state index in [-0.39, 0.29) is 31.1 Å². The van der Waals surface area contributed by atoms with E-state index < -0.39 is 6.10 Å². The summed E-state index contributed by atoms with van der Waals surface area (Å²) in [5.41, 5.74) is 0. The van der Waals surface area contributed by atoms with Crippen molar-refractivity contribution >= 4 is 17.9 Å². The van der Waals surface area contributed by atoms with Crippen LogP contribution in [0.1, 0.15) is 425 Å². The van der Waals surface area contributed by atoms with Gasteiger partial charge in [-0.1, -0.05) is 373 Å². The van der Waals surface area contributed by atoms with Crippen LogP contribution >= 0.6 is 0 Å². The van der Waals surface area contributed by atoms with Crippen LogP contribution in [0.4, 0.5) is 0 Å². The van der Waals surface area contributed by atoms with Crippen molar-refractivity contribution in [3.05, 3.63) is 12.2 Å². The molecule has 0 aliphatic carbocycles. The van der Waals surface area contributed by atoms with E-state index in [9.17, 15) is 14.4 Å². The second-order valence-corrected chi connectivity index (χ2v) is 25.2. The Kier molecular flexibility index (Phi) is 68.0. The monoisotopic (exact) mass is 1130 g/mol. The Balaban J connectivity index is 4.17. The molecule has 0 rings (SSSR count). The Labute approximate surface area is 501 Å². The molecule has 0 bridgehead atoms. The first-order valence-corrected chi connectivity index (χ1v) is 36.7. The first-order valence-electron chi connectivity index (χ1n) is 36.7. The van der Waals surface area contributed by atoms with Crippen molar-refractivity contribution in [1.29, 1.82) is 0 Å². The molecule has 0 saturated heterocycles. The third kappa shape index (κ3) is 66.9. The lowest BCUT2D eigenvalue weighted by Crippen LogP contribution is -2.30. The van der Waals surface area contributed by atoms with Crippen molar-refractivity contribution in [2.24, 2.45) is 0 Å². The van der Waals surface area contributed by atoms with Gasteiger partial charge in [-0.15, -0.1) is 0 Å². The highest BCUT2D eigenvalue weighted by Gasteiger charge is 2.20. The van der Waals surface area contributed by atoms with E-state index in [1.165, 1.54) is 327 Å². The quantitative estimate of drug-likeness (QED) is 0.0261. The second kappa shape index (κ2) is 69.6. The van der Waals surface area contributed by atoms with Crippen LogP contribution in [0.2, 0.25) is 0 Å². The summed E-state index contributed by atoms with van der Waals surface area (Å²) in [4.78, 5) is 38.5. The molecule has 0 spiro atoms. The van der Waals surface area contributed by atoms with Crippen LogP contribution in [-0.4, -0.2) is 37.2 Å². The summed E-state index contributed by atoms with van der Waals surface area (Å²) >= 11 is 0. The lowest BCUT2D eigenvalue weighted by molar-refractivity contribution is -0.167. The molecule has 474 valence electrons. The van der Waals surface area contributed by atoms with E-state index in [0.29, 0.717) is 19.3 Å². The van der Waals surface area contributed by atoms with E-state index in [1.807, 2.05) is 0 Å². The molecule has 0 aromatic heterocycles. The van der Waals surface area contributed by atoms with Crippen molar-refractivity contribution in [2.45, 2.75) is 431 Å². The summed E-state index contributed by atoms with van der Waals surface area (Å²) in [7, 11) is 0. The minimum absolute atomic E-state index is 0.0648. The maximum absolute atomic E-state index is 12.9. The Hall–Kier alpha value is -1.85. The summed E-state index contributed by atoms with van der Waals surface area (Å²) in [5, 5.41) is 0. The van der Waals surface area contributed by atoms with E-state index >= 15 is 0 Å². The van der Waals surface area contributed by atoms with Crippen LogP contribution in [-0.2, 0) is 28.6 Å². The average molecular weight is 1130 g/mol. The Morgan fingerprint density at radius 2 is 0.412 bits per heavy atom. The third-order valence-electron chi connectivity index (χ3n) is 17.0. The van der Waals surface area contributed by atoms with Crippen LogP contribution in [0.3, 0.4) is 0 Å². The number of ether oxygens (including phenoxy) is 3. The number of carbonyl (C=O) groups excluding carboxylic acids is 3. The zero-order valence-electron chi connectivity index (χ0n) is 54.6. The molecule has 0 aliphatic heterocycles. The summed E-state index contributed by atoms with van der Waals surface area (Å²) in [6, 6.07) is 0. The summed E-state index contributed by atoms with van der Waals surface area (Å²) in [6.07, 6.45) is 84.0. The van der Waals surface area contributed by atoms with Crippen molar-refractivity contribution in [3.63, 3.8) is 0 Å². The fourth-order valence-electron chi connectivity index (χ4n) is 11.5. The zero-order valence-corrected chi connectivity index (χ0v) is 54.6. The SMILES string of the molecule is CCCCCCCC/C=C\CCCCCCCCCC(=O)OC(COC(=O)CCCCCCCCCCCCCCCCCC)COC(=O)CCCCCCCCCCCCCCCCCCCCCCCCCCCCCCC. The van der Waals surface area contributed by atoms with Gasteiger partial charge in [0.15, 0.2) is 6.10 Å². The zero-order chi connectivity index (χ0) is 57.8. The molecule has 0 aliphatic rings. The van der Waals surface area contributed by atoms with Gasteiger partial charge in [-0.05, 0) is 44.9 Å². The molecule has 1 unspecified atom stereocenters. The number of allylic oxidation sites excluding steroid dienone is 2. The molecule has 0 N–H and O–H groups in total. The number of rotatable bonds is 69. The molecule has 0 aromatic rings. The normalized spacial score (nSPS) is 12.0. The Morgan fingerprint density at radius 1 is 0.237 bits per heavy atom. The van der Waals surface area contributed by atoms with Crippen LogP contribution in [0.25, 0.3) is 0 Å². The standard InChI is InChI=1S/C74H142O6/c1-4-7-10-13-16-19-22-25-28-31-32-33-34-35-36-37-38-39-40-41-42-44-46-49-52-55-58-61-64-67-73(76)79-70-71(69-78-72(75)66-63-60-57-54-51-48-45-30-27-24-21-18-15-12-9-6-3)80-74(77)68-65-62-59-56-53-50-47-43-29-26-23-20-17-14-11-8-5-2/h26,29,71H,4-25,27-28,30-70H2,1-3H3/b29-26-. The molecule has 0 heterocycles. The van der Waals surface area contributed by atoms with Crippen LogP contribution < -0.4 is 0 Å². The number of unbranched alkanes of at least 4 members (excludes halogenated alkanes) is 56. The van der Waals surface area contributed by atoms with Gasteiger partial charge in [0.05, 0.1) is 0 Å². The Morgan fingerprint density at radius 3 is 0.625 bits per heavy atom. The maximum atomic E-state index is 12.9. The van der Waals surface area contributed by atoms with Crippen LogP contribution in [0.15, 0.2) is 12.2 Å². The number of hydrogen-bond acceptors (Lipinski definition) is 6. The largest absolute Gasteiger partial charge is 0.462 e. The number of esters is 3. The highest BCUT2D eigenvalue weighted by molar-refractivity contribution is 5.71. The fourth-order valence-corrected chi connectivity index (χ4v) is 11.5. The predicted octanol–water partition coefficient (Wildman–Crippen LogP) is 25.2. The van der Waals surface area contributed by atoms with E-state index in [4.69, 9.17) is 14.2 Å². The van der Waals surface area contributed by atoms with Crippen molar-refractivity contribution in [1.82, 2.24) is 0 Å². The molecule has 0 radical (unpaired) electrons. The molecule has 0 saturated carbocycles. The van der Waals surface area contributed by atoms with Gasteiger partial charge in [-0.25, -0.2) is 0 Å². The van der Waals surface area contributed by atoms with Gasteiger partial charge < -0.3 is 14.2 Å². The molecular formula is C74H142O6. The topological polar surface area (TPSA) is 78.9 Å². The first-order chi connectivity index (χ1) is 39.5. The molecule has 6 nitrogen and oxygen atoms in total. The molecule has 80 heavy (non-hydrogen) atoms. The highest BCUT2D eigenvalue weighted by Crippen LogP contribution is 2.19. The fraction of sp³-hybridized carbons (Fsp3) is 0.932. The molecule has 0 amide bonds. The minimum Gasteiger partial charge on any atom is -0.462 e. The van der Waals surface area contributed by atoms with Crippen LogP contribution in [0.5, 0.6) is 0 Å². The number of hydrogen-bond donors (Lipinski definition) is 0. The van der Waals surface area contributed by atoms with E-state index in [2.05, 4.69) is 32.9 Å². The van der Waals surface area contributed by atoms with Crippen molar-refractivity contribution < 1.29 is 28.6 Å². The van der Waals surface area contributed by atoms with Gasteiger partial charge in [0.1, 0.15) is 13.2 Å². The molecule has 0 fully saturated rings. The summed E-state index contributed by atoms with van der Waals surface area (Å²) in [6.45, 7) is 6.73. The van der Waals surface area contributed by atoms with Gasteiger partial charge in [0, 0.05) is 19.3 Å². The van der Waals surface area contributed by atoms with Crippen molar-refractivity contribution in [3.8, 4) is 0 Å². The van der Waals surface area contributed by atoms with Gasteiger partial charge in [0.25, 0.3) is 0 Å². The van der Waals surface area contributed by atoms with Gasteiger partial charge >= 0.3 is 17.9 Å². The second-order valence-electron chi connectivity index (χ2n) is 25.2. The van der Waals surface area contributed by atoms with Gasteiger partial charge in [-0.2, -0.15) is 0 Å². The molecule has 0 aromatic carbocycles. The van der Waals surface area contributed by atoms with E-state index in [1.54, 1.807) is 0 Å². The van der Waals surface area contributed by atoms with Crippen LogP contribution in [0, 0.1) is 0 Å². The summed E-state index contributed by atoms with van der Waals surface area (Å²) < 4.78 is 17.0. The molecule has 6 heteroatoms. The minimum atomic E-state index is -0.769. The first kappa shape index (κ1) is 78.1. The third-order valence-corrected chi connectivity index (χ3v) is 17.0. The molecular weight excluding hydrogens is 985 g/mol. The smallest absolute Gasteiger partial charge is 0.306 e.